The molecule has 1 aromatic carbocycles. The second kappa shape index (κ2) is 6.53. The molecule has 1 aliphatic rings. The summed E-state index contributed by atoms with van der Waals surface area (Å²) in [4.78, 5) is 18.1. The Morgan fingerprint density at radius 3 is 2.77 bits per heavy atom. The number of aryl methyl sites for hydroxylation is 1. The molecule has 0 radical (unpaired) electrons. The predicted octanol–water partition coefficient (Wildman–Crippen LogP) is 3.99. The van der Waals surface area contributed by atoms with E-state index in [0.29, 0.717) is 5.92 Å². The zero-order chi connectivity index (χ0) is 15.5. The summed E-state index contributed by atoms with van der Waals surface area (Å²) in [5, 5.41) is 3.20. The molecule has 114 valence electrons. The Hall–Kier alpha value is -1.81. The normalized spacial score (nSPS) is 15.4. The fraction of sp³-hybridized carbons (Fsp3) is 0.333. The number of carbonyl (C=O) groups is 1. The molecule has 0 spiro atoms. The van der Waals surface area contributed by atoms with Crippen LogP contribution in [0.4, 0.5) is 0 Å². The maximum atomic E-state index is 12.7. The number of benzene rings is 1. The molecule has 0 aliphatic heterocycles. The number of thioether (sulfide) groups is 1. The largest absolute Gasteiger partial charge is 0.343 e. The van der Waals surface area contributed by atoms with Crippen molar-refractivity contribution in [2.75, 3.05) is 6.26 Å². The summed E-state index contributed by atoms with van der Waals surface area (Å²) >= 11 is 1.60. The minimum Gasteiger partial charge on any atom is -0.343 e. The quantitative estimate of drug-likeness (QED) is 0.849. The maximum absolute atomic E-state index is 12.7. The predicted molar refractivity (Wildman–Crippen MR) is 90.1 cm³/mol. The highest BCUT2D eigenvalue weighted by atomic mass is 32.2. The van der Waals surface area contributed by atoms with Gasteiger partial charge in [-0.2, -0.15) is 0 Å². The van der Waals surface area contributed by atoms with Crippen molar-refractivity contribution in [3.05, 3.63) is 59.4 Å². The third-order valence-corrected chi connectivity index (χ3v) is 4.78. The van der Waals surface area contributed by atoms with Gasteiger partial charge >= 0.3 is 0 Å². The molecule has 1 atom stereocenters. The summed E-state index contributed by atoms with van der Waals surface area (Å²) in [6, 6.07) is 11.8. The van der Waals surface area contributed by atoms with Gasteiger partial charge in [-0.05, 0) is 61.8 Å². The standard InChI is InChI=1S/C18H20N2OS/c1-12-9-10-19-15(11-12)17(13-7-8-13)20-18(21)14-5-3-4-6-16(14)22-2/h3-6,9-11,13,17H,7-8H2,1-2H3,(H,20,21). The van der Waals surface area contributed by atoms with E-state index in [4.69, 9.17) is 0 Å². The van der Waals surface area contributed by atoms with Crippen LogP contribution in [0.3, 0.4) is 0 Å². The second-order valence-electron chi connectivity index (χ2n) is 5.75. The minimum absolute atomic E-state index is 0.00911. The van der Waals surface area contributed by atoms with Crippen LogP contribution in [0.5, 0.6) is 0 Å². The molecular weight excluding hydrogens is 292 g/mol. The Kier molecular flexibility index (Phi) is 4.48. The topological polar surface area (TPSA) is 42.0 Å². The van der Waals surface area contributed by atoms with Crippen molar-refractivity contribution in [2.24, 2.45) is 5.92 Å². The Morgan fingerprint density at radius 2 is 2.09 bits per heavy atom. The first-order valence-electron chi connectivity index (χ1n) is 7.55. The summed E-state index contributed by atoms with van der Waals surface area (Å²) < 4.78 is 0. The zero-order valence-corrected chi connectivity index (χ0v) is 13.7. The van der Waals surface area contributed by atoms with Crippen LogP contribution in [0.15, 0.2) is 47.5 Å². The van der Waals surface area contributed by atoms with Gasteiger partial charge in [-0.25, -0.2) is 0 Å². The van der Waals surface area contributed by atoms with Crippen molar-refractivity contribution >= 4 is 17.7 Å². The molecule has 1 heterocycles. The molecule has 1 saturated carbocycles. The van der Waals surface area contributed by atoms with E-state index in [1.54, 1.807) is 11.8 Å². The lowest BCUT2D eigenvalue weighted by molar-refractivity contribution is 0.0927. The van der Waals surface area contributed by atoms with Crippen LogP contribution in [0.1, 0.15) is 40.5 Å². The van der Waals surface area contributed by atoms with E-state index in [1.807, 2.05) is 42.8 Å². The Labute approximate surface area is 135 Å². The highest BCUT2D eigenvalue weighted by Gasteiger charge is 2.34. The van der Waals surface area contributed by atoms with Crippen LogP contribution in [-0.2, 0) is 0 Å². The van der Waals surface area contributed by atoms with Crippen LogP contribution in [0.2, 0.25) is 0 Å². The van der Waals surface area contributed by atoms with E-state index >= 15 is 0 Å². The van der Waals surface area contributed by atoms with E-state index < -0.39 is 0 Å². The molecule has 22 heavy (non-hydrogen) atoms. The molecule has 0 saturated heterocycles. The van der Waals surface area contributed by atoms with Gasteiger partial charge in [0, 0.05) is 11.1 Å². The van der Waals surface area contributed by atoms with Gasteiger partial charge in [0.2, 0.25) is 0 Å². The second-order valence-corrected chi connectivity index (χ2v) is 6.59. The number of pyridine rings is 1. The highest BCUT2D eigenvalue weighted by molar-refractivity contribution is 7.98. The first kappa shape index (κ1) is 15.1. The fourth-order valence-corrected chi connectivity index (χ4v) is 3.24. The Balaban J connectivity index is 1.84. The Morgan fingerprint density at radius 1 is 1.32 bits per heavy atom. The lowest BCUT2D eigenvalue weighted by Gasteiger charge is -2.19. The summed E-state index contributed by atoms with van der Waals surface area (Å²) in [7, 11) is 0. The van der Waals surface area contributed by atoms with Crippen molar-refractivity contribution in [3.63, 3.8) is 0 Å². The molecule has 1 aromatic heterocycles. The van der Waals surface area contributed by atoms with Gasteiger partial charge in [0.15, 0.2) is 0 Å². The van der Waals surface area contributed by atoms with E-state index in [2.05, 4.69) is 23.3 Å². The molecule has 1 amide bonds. The van der Waals surface area contributed by atoms with Gasteiger partial charge in [0.1, 0.15) is 0 Å². The van der Waals surface area contributed by atoms with Crippen LogP contribution >= 0.6 is 11.8 Å². The molecule has 2 aromatic rings. The van der Waals surface area contributed by atoms with E-state index in [0.717, 1.165) is 29.0 Å². The third kappa shape index (κ3) is 3.33. The number of rotatable bonds is 5. The molecule has 4 heteroatoms. The minimum atomic E-state index is -0.00911. The van der Waals surface area contributed by atoms with Crippen molar-refractivity contribution in [1.29, 1.82) is 0 Å². The van der Waals surface area contributed by atoms with Gasteiger partial charge in [0.05, 0.1) is 17.3 Å². The molecular formula is C18H20N2OS. The fourth-order valence-electron chi connectivity index (χ4n) is 2.64. The van der Waals surface area contributed by atoms with E-state index in [9.17, 15) is 4.79 Å². The molecule has 1 fully saturated rings. The molecule has 3 rings (SSSR count). The number of hydrogen-bond acceptors (Lipinski definition) is 3. The molecule has 3 nitrogen and oxygen atoms in total. The summed E-state index contributed by atoms with van der Waals surface area (Å²) in [6.45, 7) is 2.06. The van der Waals surface area contributed by atoms with Crippen molar-refractivity contribution in [2.45, 2.75) is 30.7 Å². The summed E-state index contributed by atoms with van der Waals surface area (Å²) in [5.41, 5.74) is 2.89. The number of nitrogens with one attached hydrogen (secondary N) is 1. The van der Waals surface area contributed by atoms with Gasteiger partial charge < -0.3 is 5.32 Å². The van der Waals surface area contributed by atoms with Crippen molar-refractivity contribution in [1.82, 2.24) is 10.3 Å². The smallest absolute Gasteiger partial charge is 0.252 e. The first-order valence-corrected chi connectivity index (χ1v) is 8.78. The summed E-state index contributed by atoms with van der Waals surface area (Å²) in [5.74, 6) is 0.504. The highest BCUT2D eigenvalue weighted by Crippen LogP contribution is 2.40. The molecule has 1 aliphatic carbocycles. The lowest BCUT2D eigenvalue weighted by atomic mass is 10.1. The third-order valence-electron chi connectivity index (χ3n) is 3.99. The SMILES string of the molecule is CSc1ccccc1C(=O)NC(c1cc(C)ccn1)C1CC1. The van der Waals surface area contributed by atoms with Crippen molar-refractivity contribution in [3.8, 4) is 0 Å². The van der Waals surface area contributed by atoms with Crippen molar-refractivity contribution < 1.29 is 4.79 Å². The summed E-state index contributed by atoms with van der Waals surface area (Å²) in [6.07, 6.45) is 6.13. The number of nitrogens with zero attached hydrogens (tertiary/aromatic N) is 1. The van der Waals surface area contributed by atoms with Gasteiger partial charge in [-0.15, -0.1) is 11.8 Å². The first-order chi connectivity index (χ1) is 10.7. The number of carbonyl (C=O) groups excluding carboxylic acids is 1. The molecule has 1 N–H and O–H groups in total. The van der Waals surface area contributed by atoms with Crippen LogP contribution < -0.4 is 5.32 Å². The Bertz CT molecular complexity index is 682. The number of aromatic nitrogens is 1. The number of amides is 1. The maximum Gasteiger partial charge on any atom is 0.252 e. The number of hydrogen-bond donors (Lipinski definition) is 1. The molecule has 0 bridgehead atoms. The monoisotopic (exact) mass is 312 g/mol. The van der Waals surface area contributed by atoms with Crippen LogP contribution in [0.25, 0.3) is 0 Å². The van der Waals surface area contributed by atoms with E-state index in [1.165, 1.54) is 5.56 Å². The zero-order valence-electron chi connectivity index (χ0n) is 12.9. The van der Waals surface area contributed by atoms with Crippen LogP contribution in [0, 0.1) is 12.8 Å². The van der Waals surface area contributed by atoms with Gasteiger partial charge in [-0.1, -0.05) is 12.1 Å². The average molecular weight is 312 g/mol. The van der Waals surface area contributed by atoms with Gasteiger partial charge in [-0.3, -0.25) is 9.78 Å². The molecule has 1 unspecified atom stereocenters. The van der Waals surface area contributed by atoms with Crippen LogP contribution in [-0.4, -0.2) is 17.1 Å². The van der Waals surface area contributed by atoms with Gasteiger partial charge in [0.25, 0.3) is 5.91 Å². The van der Waals surface area contributed by atoms with E-state index in [-0.39, 0.29) is 11.9 Å². The lowest BCUT2D eigenvalue weighted by Crippen LogP contribution is -2.30. The average Bonchev–Trinajstić information content (AvgIpc) is 3.37.